The lowest BCUT2D eigenvalue weighted by atomic mass is 10.1. The van der Waals surface area contributed by atoms with E-state index in [-0.39, 0.29) is 5.91 Å². The standard InChI is InChI=1S/C17H17NO2/c1-12-2-4-13(5-3-12)11-18-17(19)15-6-7-16-14(10-15)8-9-20-16/h2-7,10H,8-9,11H2,1H3,(H,18,19). The van der Waals surface area contributed by atoms with Crippen molar-refractivity contribution in [1.29, 1.82) is 0 Å². The monoisotopic (exact) mass is 267 g/mol. The number of hydrogen-bond donors (Lipinski definition) is 1. The topological polar surface area (TPSA) is 38.3 Å². The number of carbonyl (C=O) groups is 1. The highest BCUT2D eigenvalue weighted by atomic mass is 16.5. The fourth-order valence-corrected chi connectivity index (χ4v) is 2.32. The van der Waals surface area contributed by atoms with E-state index in [0.29, 0.717) is 18.7 Å². The Hall–Kier alpha value is -2.29. The SMILES string of the molecule is Cc1ccc(CNC(=O)c2ccc3c(c2)CCO3)cc1. The number of ether oxygens (including phenoxy) is 1. The van der Waals surface area contributed by atoms with Gasteiger partial charge in [-0.2, -0.15) is 0 Å². The highest BCUT2D eigenvalue weighted by Gasteiger charge is 2.14. The number of fused-ring (bicyclic) bond motifs is 1. The summed E-state index contributed by atoms with van der Waals surface area (Å²) >= 11 is 0. The van der Waals surface area contributed by atoms with E-state index in [0.717, 1.165) is 23.3 Å². The van der Waals surface area contributed by atoms with Gasteiger partial charge in [0.25, 0.3) is 5.91 Å². The van der Waals surface area contributed by atoms with Gasteiger partial charge in [-0.05, 0) is 36.2 Å². The minimum absolute atomic E-state index is 0.0414. The van der Waals surface area contributed by atoms with Gasteiger partial charge in [0.15, 0.2) is 0 Å². The summed E-state index contributed by atoms with van der Waals surface area (Å²) in [5.41, 5.74) is 4.14. The Labute approximate surface area is 118 Å². The van der Waals surface area contributed by atoms with Crippen LogP contribution in [0.25, 0.3) is 0 Å². The minimum atomic E-state index is -0.0414. The molecule has 0 atom stereocenters. The van der Waals surface area contributed by atoms with Crippen molar-refractivity contribution in [2.45, 2.75) is 19.9 Å². The van der Waals surface area contributed by atoms with Gasteiger partial charge < -0.3 is 10.1 Å². The number of carbonyl (C=O) groups excluding carboxylic acids is 1. The van der Waals surface area contributed by atoms with E-state index in [1.54, 1.807) is 0 Å². The third-order valence-corrected chi connectivity index (χ3v) is 3.53. The van der Waals surface area contributed by atoms with Crippen LogP contribution in [-0.4, -0.2) is 12.5 Å². The van der Waals surface area contributed by atoms with Gasteiger partial charge in [-0.15, -0.1) is 0 Å². The molecule has 0 spiro atoms. The molecule has 2 aromatic rings. The van der Waals surface area contributed by atoms with Crippen LogP contribution in [0.4, 0.5) is 0 Å². The molecular formula is C17H17NO2. The van der Waals surface area contributed by atoms with Crippen LogP contribution in [0.15, 0.2) is 42.5 Å². The van der Waals surface area contributed by atoms with Crippen LogP contribution in [-0.2, 0) is 13.0 Å². The second kappa shape index (κ2) is 5.37. The van der Waals surface area contributed by atoms with Crippen LogP contribution in [0.3, 0.4) is 0 Å². The first-order valence-corrected chi connectivity index (χ1v) is 6.82. The molecule has 1 heterocycles. The Morgan fingerprint density at radius 3 is 2.80 bits per heavy atom. The van der Waals surface area contributed by atoms with E-state index in [1.165, 1.54) is 5.56 Å². The molecule has 0 aliphatic carbocycles. The zero-order valence-corrected chi connectivity index (χ0v) is 11.5. The van der Waals surface area contributed by atoms with Gasteiger partial charge in [-0.1, -0.05) is 29.8 Å². The summed E-state index contributed by atoms with van der Waals surface area (Å²) in [6.45, 7) is 3.31. The van der Waals surface area contributed by atoms with Gasteiger partial charge in [0, 0.05) is 18.5 Å². The second-order valence-electron chi connectivity index (χ2n) is 5.09. The first kappa shape index (κ1) is 12.7. The first-order valence-electron chi connectivity index (χ1n) is 6.82. The van der Waals surface area contributed by atoms with E-state index >= 15 is 0 Å². The third kappa shape index (κ3) is 2.67. The molecule has 0 radical (unpaired) electrons. The molecule has 1 N–H and O–H groups in total. The zero-order chi connectivity index (χ0) is 13.9. The quantitative estimate of drug-likeness (QED) is 0.928. The Balaban J connectivity index is 1.66. The molecule has 1 aliphatic heterocycles. The van der Waals surface area contributed by atoms with Gasteiger partial charge in [-0.25, -0.2) is 0 Å². The maximum Gasteiger partial charge on any atom is 0.251 e. The largest absolute Gasteiger partial charge is 0.493 e. The average Bonchev–Trinajstić information content (AvgIpc) is 2.93. The number of aryl methyl sites for hydroxylation is 1. The summed E-state index contributed by atoms with van der Waals surface area (Å²) in [7, 11) is 0. The number of rotatable bonds is 3. The van der Waals surface area contributed by atoms with Crippen LogP contribution < -0.4 is 10.1 Å². The lowest BCUT2D eigenvalue weighted by Crippen LogP contribution is -2.22. The third-order valence-electron chi connectivity index (χ3n) is 3.53. The molecule has 0 fully saturated rings. The molecule has 1 aliphatic rings. The van der Waals surface area contributed by atoms with E-state index in [2.05, 4.69) is 12.2 Å². The maximum absolute atomic E-state index is 12.1. The normalized spacial score (nSPS) is 12.7. The molecule has 0 saturated carbocycles. The smallest absolute Gasteiger partial charge is 0.251 e. The van der Waals surface area contributed by atoms with Crippen molar-refractivity contribution in [2.24, 2.45) is 0 Å². The predicted octanol–water partition coefficient (Wildman–Crippen LogP) is 2.86. The summed E-state index contributed by atoms with van der Waals surface area (Å²) in [6, 6.07) is 13.8. The minimum Gasteiger partial charge on any atom is -0.493 e. The summed E-state index contributed by atoms with van der Waals surface area (Å²) < 4.78 is 5.44. The Kier molecular flexibility index (Phi) is 3.42. The molecule has 3 rings (SSSR count). The van der Waals surface area contributed by atoms with Crippen molar-refractivity contribution < 1.29 is 9.53 Å². The zero-order valence-electron chi connectivity index (χ0n) is 11.5. The van der Waals surface area contributed by atoms with Crippen LogP contribution >= 0.6 is 0 Å². The Morgan fingerprint density at radius 2 is 2.00 bits per heavy atom. The summed E-state index contributed by atoms with van der Waals surface area (Å²) in [5, 5.41) is 2.95. The number of benzene rings is 2. The molecule has 3 heteroatoms. The number of hydrogen-bond acceptors (Lipinski definition) is 2. The summed E-state index contributed by atoms with van der Waals surface area (Å²) in [5.74, 6) is 0.861. The average molecular weight is 267 g/mol. The summed E-state index contributed by atoms with van der Waals surface area (Å²) in [4.78, 5) is 12.1. The van der Waals surface area contributed by atoms with Crippen LogP contribution in [0.1, 0.15) is 27.0 Å². The maximum atomic E-state index is 12.1. The van der Waals surface area contributed by atoms with Crippen LogP contribution in [0.5, 0.6) is 5.75 Å². The van der Waals surface area contributed by atoms with E-state index in [4.69, 9.17) is 4.74 Å². The Morgan fingerprint density at radius 1 is 1.20 bits per heavy atom. The molecule has 1 amide bonds. The number of amides is 1. The van der Waals surface area contributed by atoms with Crippen LogP contribution in [0, 0.1) is 6.92 Å². The van der Waals surface area contributed by atoms with Gasteiger partial charge in [0.05, 0.1) is 6.61 Å². The molecular weight excluding hydrogens is 250 g/mol. The molecule has 0 saturated heterocycles. The van der Waals surface area contributed by atoms with Crippen molar-refractivity contribution in [3.8, 4) is 5.75 Å². The van der Waals surface area contributed by atoms with Crippen molar-refractivity contribution in [3.05, 3.63) is 64.7 Å². The summed E-state index contributed by atoms with van der Waals surface area (Å²) in [6.07, 6.45) is 0.883. The second-order valence-corrected chi connectivity index (χ2v) is 5.09. The van der Waals surface area contributed by atoms with Gasteiger partial charge in [0.1, 0.15) is 5.75 Å². The molecule has 102 valence electrons. The first-order chi connectivity index (χ1) is 9.72. The highest BCUT2D eigenvalue weighted by molar-refractivity contribution is 5.94. The van der Waals surface area contributed by atoms with E-state index in [9.17, 15) is 4.79 Å². The van der Waals surface area contributed by atoms with E-state index < -0.39 is 0 Å². The van der Waals surface area contributed by atoms with Crippen molar-refractivity contribution in [1.82, 2.24) is 5.32 Å². The van der Waals surface area contributed by atoms with Crippen molar-refractivity contribution in [2.75, 3.05) is 6.61 Å². The number of nitrogens with one attached hydrogen (secondary N) is 1. The fraction of sp³-hybridized carbons (Fsp3) is 0.235. The van der Waals surface area contributed by atoms with Crippen molar-refractivity contribution >= 4 is 5.91 Å². The van der Waals surface area contributed by atoms with Gasteiger partial charge in [0.2, 0.25) is 0 Å². The van der Waals surface area contributed by atoms with E-state index in [1.807, 2.05) is 42.5 Å². The molecule has 3 nitrogen and oxygen atoms in total. The van der Waals surface area contributed by atoms with Crippen molar-refractivity contribution in [3.63, 3.8) is 0 Å². The molecule has 0 bridgehead atoms. The fourth-order valence-electron chi connectivity index (χ4n) is 2.32. The van der Waals surface area contributed by atoms with Gasteiger partial charge in [-0.3, -0.25) is 4.79 Å². The Bertz CT molecular complexity index is 632. The van der Waals surface area contributed by atoms with Gasteiger partial charge >= 0.3 is 0 Å². The molecule has 0 aromatic heterocycles. The molecule has 20 heavy (non-hydrogen) atoms. The lowest BCUT2D eigenvalue weighted by Gasteiger charge is -2.07. The molecule has 0 unspecified atom stereocenters. The predicted molar refractivity (Wildman–Crippen MR) is 78.0 cm³/mol. The lowest BCUT2D eigenvalue weighted by molar-refractivity contribution is 0.0951. The highest BCUT2D eigenvalue weighted by Crippen LogP contribution is 2.25. The van der Waals surface area contributed by atoms with Crippen LogP contribution in [0.2, 0.25) is 0 Å². The molecule has 2 aromatic carbocycles.